The van der Waals surface area contributed by atoms with Crippen LogP contribution in [0.3, 0.4) is 0 Å². The predicted molar refractivity (Wildman–Crippen MR) is 36.8 cm³/mol. The third kappa shape index (κ3) is 4.35. The van der Waals surface area contributed by atoms with Crippen LogP contribution in [0.4, 0.5) is 0 Å². The summed E-state index contributed by atoms with van der Waals surface area (Å²) in [4.78, 5) is 17.8. The third-order valence-corrected chi connectivity index (χ3v) is 2.59. The molecule has 0 spiro atoms. The van der Waals surface area contributed by atoms with Crippen LogP contribution in [0, 0.1) is 0 Å². The number of hydrogen-bond acceptors (Lipinski definition) is 3. The summed E-state index contributed by atoms with van der Waals surface area (Å²) in [5.41, 5.74) is 0. The van der Waals surface area contributed by atoms with Crippen molar-refractivity contribution < 1.29 is 14.0 Å². The Bertz CT molecular complexity index is 92.2. The second kappa shape index (κ2) is 3.79. The molecule has 4 heteroatoms. The molecule has 0 aromatic rings. The van der Waals surface area contributed by atoms with Crippen LogP contribution in [0.1, 0.15) is 6.42 Å². The predicted octanol–water partition coefficient (Wildman–Crippen LogP) is 0.132. The van der Waals surface area contributed by atoms with Crippen molar-refractivity contribution in [1.82, 2.24) is 0 Å². The zero-order valence-corrected chi connectivity index (χ0v) is 6.50. The van der Waals surface area contributed by atoms with E-state index in [0.29, 0.717) is 12.5 Å². The third-order valence-electron chi connectivity index (χ3n) is 1.00. The quantitative estimate of drug-likeness (QED) is 0.440. The van der Waals surface area contributed by atoms with E-state index in [0.717, 1.165) is 0 Å². The molecule has 0 aromatic carbocycles. The molecule has 0 radical (unpaired) electrons. The van der Waals surface area contributed by atoms with Gasteiger partial charge in [-0.2, -0.15) is 0 Å². The molecule has 0 saturated carbocycles. The van der Waals surface area contributed by atoms with E-state index in [4.69, 9.17) is 9.59 Å². The van der Waals surface area contributed by atoms with E-state index in [1.165, 1.54) is 7.11 Å². The van der Waals surface area contributed by atoms with Gasteiger partial charge in [-0.15, -0.1) is 6.58 Å². The first kappa shape index (κ1) is 8.84. The average Bonchev–Trinajstić information content (AvgIpc) is 1.84. The highest BCUT2D eigenvalue weighted by molar-refractivity contribution is 6.57. The molecule has 0 aromatic heterocycles. The van der Waals surface area contributed by atoms with Gasteiger partial charge >= 0.3 is 8.80 Å². The summed E-state index contributed by atoms with van der Waals surface area (Å²) in [7, 11) is -1.97. The lowest BCUT2D eigenvalue weighted by Crippen LogP contribution is -2.36. The van der Waals surface area contributed by atoms with Gasteiger partial charge in [0.25, 0.3) is 0 Å². The Morgan fingerprint density at radius 3 is 2.56 bits per heavy atom. The topological polar surface area (TPSA) is 49.7 Å². The molecular weight excluding hydrogens is 136 g/mol. The van der Waals surface area contributed by atoms with Gasteiger partial charge in [-0.05, 0) is 6.42 Å². The minimum Gasteiger partial charge on any atom is -0.390 e. The highest BCUT2D eigenvalue weighted by atomic mass is 28.4. The minimum atomic E-state index is -3.27. The van der Waals surface area contributed by atoms with Crippen molar-refractivity contribution in [3.8, 4) is 0 Å². The maximum Gasteiger partial charge on any atom is 0.495 e. The fraction of sp³-hybridized carbons (Fsp3) is 0.600. The zero-order chi connectivity index (χ0) is 7.33. The summed E-state index contributed by atoms with van der Waals surface area (Å²) in [6.45, 7) is 3.44. The standard InChI is InChI=1S/C5H12O3Si/c1-3-4-5-9(6,7)8-2/h3,6-7H,1,4-5H2,2H3. The van der Waals surface area contributed by atoms with Crippen LogP contribution in [-0.4, -0.2) is 25.5 Å². The Morgan fingerprint density at radius 2 is 2.22 bits per heavy atom. The number of rotatable bonds is 4. The van der Waals surface area contributed by atoms with Crippen molar-refractivity contribution in [2.75, 3.05) is 7.11 Å². The van der Waals surface area contributed by atoms with Gasteiger partial charge in [0.05, 0.1) is 0 Å². The number of allylic oxidation sites excluding steroid dienone is 1. The molecule has 0 aliphatic carbocycles. The molecule has 9 heavy (non-hydrogen) atoms. The van der Waals surface area contributed by atoms with Crippen molar-refractivity contribution in [3.63, 3.8) is 0 Å². The first-order valence-electron chi connectivity index (χ1n) is 2.73. The molecule has 0 heterocycles. The summed E-state index contributed by atoms with van der Waals surface area (Å²) in [6, 6.07) is 0.299. The molecule has 3 nitrogen and oxygen atoms in total. The van der Waals surface area contributed by atoms with Gasteiger partial charge in [0, 0.05) is 13.2 Å². The Morgan fingerprint density at radius 1 is 1.67 bits per heavy atom. The molecule has 0 aliphatic rings. The van der Waals surface area contributed by atoms with E-state index in [1.54, 1.807) is 6.08 Å². The largest absolute Gasteiger partial charge is 0.495 e. The van der Waals surface area contributed by atoms with Crippen LogP contribution in [0.2, 0.25) is 6.04 Å². The van der Waals surface area contributed by atoms with Crippen LogP contribution in [-0.2, 0) is 4.43 Å². The lowest BCUT2D eigenvalue weighted by molar-refractivity contribution is 0.185. The maximum atomic E-state index is 8.88. The monoisotopic (exact) mass is 148 g/mol. The Balaban J connectivity index is 3.44. The smallest absolute Gasteiger partial charge is 0.390 e. The second-order valence-corrected chi connectivity index (χ2v) is 4.17. The zero-order valence-electron chi connectivity index (χ0n) is 5.50. The second-order valence-electron chi connectivity index (χ2n) is 1.77. The van der Waals surface area contributed by atoms with Gasteiger partial charge in [-0.3, -0.25) is 0 Å². The van der Waals surface area contributed by atoms with Crippen molar-refractivity contribution in [1.29, 1.82) is 0 Å². The van der Waals surface area contributed by atoms with E-state index < -0.39 is 8.80 Å². The lowest BCUT2D eigenvalue weighted by Gasteiger charge is -2.12. The SMILES string of the molecule is C=CCC[Si](O)(O)OC. The summed E-state index contributed by atoms with van der Waals surface area (Å²) >= 11 is 0. The Hall–Kier alpha value is -0.163. The molecule has 0 saturated heterocycles. The van der Waals surface area contributed by atoms with E-state index in [-0.39, 0.29) is 0 Å². The summed E-state index contributed by atoms with van der Waals surface area (Å²) in [5, 5.41) is 0. The van der Waals surface area contributed by atoms with Gasteiger partial charge in [0.15, 0.2) is 0 Å². The van der Waals surface area contributed by atoms with E-state index in [2.05, 4.69) is 11.0 Å². The van der Waals surface area contributed by atoms with Crippen LogP contribution >= 0.6 is 0 Å². The summed E-state index contributed by atoms with van der Waals surface area (Å²) in [6.07, 6.45) is 2.22. The van der Waals surface area contributed by atoms with Crippen molar-refractivity contribution >= 4 is 8.80 Å². The molecule has 0 bridgehead atoms. The van der Waals surface area contributed by atoms with E-state index >= 15 is 0 Å². The minimum absolute atomic E-state index is 0.299. The summed E-state index contributed by atoms with van der Waals surface area (Å²) < 4.78 is 4.44. The van der Waals surface area contributed by atoms with Crippen molar-refractivity contribution in [2.24, 2.45) is 0 Å². The molecule has 0 amide bonds. The van der Waals surface area contributed by atoms with Gasteiger partial charge in [-0.25, -0.2) is 0 Å². The maximum absolute atomic E-state index is 8.88. The molecule has 0 atom stereocenters. The molecule has 0 rings (SSSR count). The molecule has 2 N–H and O–H groups in total. The molecule has 0 unspecified atom stereocenters. The van der Waals surface area contributed by atoms with Gasteiger partial charge in [-0.1, -0.05) is 6.08 Å². The van der Waals surface area contributed by atoms with Crippen molar-refractivity contribution in [2.45, 2.75) is 12.5 Å². The van der Waals surface area contributed by atoms with Gasteiger partial charge in [0.2, 0.25) is 0 Å². The van der Waals surface area contributed by atoms with Gasteiger partial charge < -0.3 is 14.0 Å². The normalized spacial score (nSPS) is 11.4. The molecule has 0 aliphatic heterocycles. The Labute approximate surface area is 56.0 Å². The van der Waals surface area contributed by atoms with Gasteiger partial charge in [0.1, 0.15) is 0 Å². The number of hydrogen-bond donors (Lipinski definition) is 2. The summed E-state index contributed by atoms with van der Waals surface area (Å²) in [5.74, 6) is 0. The van der Waals surface area contributed by atoms with Crippen LogP contribution < -0.4 is 0 Å². The highest BCUT2D eigenvalue weighted by Crippen LogP contribution is 2.04. The van der Waals surface area contributed by atoms with E-state index in [1.807, 2.05) is 0 Å². The molecule has 54 valence electrons. The molecule has 0 fully saturated rings. The average molecular weight is 148 g/mol. The van der Waals surface area contributed by atoms with Crippen LogP contribution in [0.25, 0.3) is 0 Å². The van der Waals surface area contributed by atoms with Crippen LogP contribution in [0.15, 0.2) is 12.7 Å². The fourth-order valence-corrected chi connectivity index (χ4v) is 1.18. The van der Waals surface area contributed by atoms with Crippen molar-refractivity contribution in [3.05, 3.63) is 12.7 Å². The molecular formula is C5H12O3Si. The lowest BCUT2D eigenvalue weighted by atomic mass is 10.5. The highest BCUT2D eigenvalue weighted by Gasteiger charge is 2.28. The first-order valence-corrected chi connectivity index (χ1v) is 4.74. The Kier molecular flexibility index (Phi) is 3.72. The first-order chi connectivity index (χ1) is 4.12. The van der Waals surface area contributed by atoms with E-state index in [9.17, 15) is 0 Å². The van der Waals surface area contributed by atoms with Crippen LogP contribution in [0.5, 0.6) is 0 Å². The fourth-order valence-electron chi connectivity index (χ4n) is 0.392.